The van der Waals surface area contributed by atoms with Gasteiger partial charge in [-0.1, -0.05) is 44.6 Å². The van der Waals surface area contributed by atoms with E-state index < -0.39 is 0 Å². The van der Waals surface area contributed by atoms with Gasteiger partial charge >= 0.3 is 0 Å². The quantitative estimate of drug-likeness (QED) is 0.346. The largest absolute Gasteiger partial charge is 0.0917 e. The van der Waals surface area contributed by atoms with E-state index in [9.17, 15) is 0 Å². The maximum atomic E-state index is 2.36. The second-order valence-corrected chi connectivity index (χ2v) is 4.65. The number of hydrogen-bond acceptors (Lipinski definition) is 0. The van der Waals surface area contributed by atoms with Gasteiger partial charge in [0.05, 0.1) is 0 Å². The summed E-state index contributed by atoms with van der Waals surface area (Å²) in [5.41, 5.74) is 0. The lowest BCUT2D eigenvalue weighted by atomic mass is 10.1. The molecule has 0 bridgehead atoms. The van der Waals surface area contributed by atoms with Gasteiger partial charge in [0.15, 0.2) is 0 Å². The van der Waals surface area contributed by atoms with Gasteiger partial charge in [0.2, 0.25) is 0 Å². The molecule has 0 heterocycles. The van der Waals surface area contributed by atoms with Crippen LogP contribution in [0.3, 0.4) is 0 Å². The van der Waals surface area contributed by atoms with Crippen molar-refractivity contribution in [1.29, 1.82) is 0 Å². The average Bonchev–Trinajstić information content (AvgIpc) is 2.20. The van der Waals surface area contributed by atoms with Crippen LogP contribution >= 0.6 is 0 Å². The summed E-state index contributed by atoms with van der Waals surface area (Å²) in [5, 5.41) is 0. The summed E-state index contributed by atoms with van der Waals surface area (Å²) >= 11 is 0. The van der Waals surface area contributed by atoms with Gasteiger partial charge in [-0.3, -0.25) is 0 Å². The molecular weight excluding hydrogens is 180 g/mol. The Bertz CT molecular complexity index is 163. The van der Waals surface area contributed by atoms with Crippen molar-refractivity contribution in [3.8, 4) is 0 Å². The van der Waals surface area contributed by atoms with Crippen molar-refractivity contribution in [1.82, 2.24) is 0 Å². The van der Waals surface area contributed by atoms with Crippen molar-refractivity contribution >= 4 is 0 Å². The van der Waals surface area contributed by atoms with Gasteiger partial charge in [-0.25, -0.2) is 0 Å². The van der Waals surface area contributed by atoms with Gasteiger partial charge in [0, 0.05) is 0 Å². The summed E-state index contributed by atoms with van der Waals surface area (Å²) in [6.07, 6.45) is 18.3. The van der Waals surface area contributed by atoms with E-state index in [4.69, 9.17) is 0 Å². The average molecular weight is 208 g/mol. The first kappa shape index (κ1) is 14.5. The standard InChI is InChI=1S/C15H28/c1-4-5-6-7-8-9-10-11-12-13-14-15(2)3/h4-5,11-12,15H,6-10,13-14H2,1-3H3/b5-4+,12-11+. The first-order chi connectivity index (χ1) is 7.27. The van der Waals surface area contributed by atoms with Gasteiger partial charge in [-0.2, -0.15) is 0 Å². The molecule has 0 aliphatic rings. The van der Waals surface area contributed by atoms with Crippen molar-refractivity contribution in [2.75, 3.05) is 0 Å². The Labute approximate surface area is 96.5 Å². The van der Waals surface area contributed by atoms with Crippen molar-refractivity contribution in [2.24, 2.45) is 5.92 Å². The summed E-state index contributed by atoms with van der Waals surface area (Å²) in [6, 6.07) is 0. The molecular formula is C15H28. The Morgan fingerprint density at radius 2 is 1.40 bits per heavy atom. The predicted octanol–water partition coefficient (Wildman–Crippen LogP) is 5.51. The highest BCUT2D eigenvalue weighted by Crippen LogP contribution is 2.07. The fraction of sp³-hybridized carbons (Fsp3) is 0.733. The van der Waals surface area contributed by atoms with E-state index in [1.54, 1.807) is 0 Å². The molecule has 0 unspecified atom stereocenters. The first-order valence-electron chi connectivity index (χ1n) is 6.53. The van der Waals surface area contributed by atoms with Gasteiger partial charge in [-0.15, -0.1) is 0 Å². The number of allylic oxidation sites excluding steroid dienone is 4. The second kappa shape index (κ2) is 11.6. The van der Waals surface area contributed by atoms with E-state index in [0.717, 1.165) is 5.92 Å². The summed E-state index contributed by atoms with van der Waals surface area (Å²) in [5.74, 6) is 0.843. The highest BCUT2D eigenvalue weighted by atomic mass is 14.0. The van der Waals surface area contributed by atoms with Gasteiger partial charge < -0.3 is 0 Å². The Kier molecular flexibility index (Phi) is 11.2. The zero-order chi connectivity index (χ0) is 11.4. The van der Waals surface area contributed by atoms with Crippen molar-refractivity contribution < 1.29 is 0 Å². The SMILES string of the molecule is C/C=C/CCCCC/C=C/CCC(C)C. The van der Waals surface area contributed by atoms with Crippen molar-refractivity contribution in [3.05, 3.63) is 24.3 Å². The molecule has 0 fully saturated rings. The molecule has 88 valence electrons. The maximum absolute atomic E-state index is 2.36. The Balaban J connectivity index is 3.09. The predicted molar refractivity (Wildman–Crippen MR) is 71.1 cm³/mol. The van der Waals surface area contributed by atoms with E-state index in [1.165, 1.54) is 44.9 Å². The summed E-state index contributed by atoms with van der Waals surface area (Å²) in [7, 11) is 0. The first-order valence-corrected chi connectivity index (χ1v) is 6.53. The highest BCUT2D eigenvalue weighted by Gasteiger charge is 1.89. The molecule has 0 radical (unpaired) electrons. The zero-order valence-corrected chi connectivity index (χ0v) is 10.8. The highest BCUT2D eigenvalue weighted by molar-refractivity contribution is 4.82. The third kappa shape index (κ3) is 13.5. The molecule has 0 N–H and O–H groups in total. The maximum Gasteiger partial charge on any atom is -0.0348 e. The third-order valence-electron chi connectivity index (χ3n) is 2.55. The fourth-order valence-corrected chi connectivity index (χ4v) is 1.53. The molecule has 0 aliphatic heterocycles. The normalized spacial score (nSPS) is 12.3. The molecule has 0 saturated heterocycles. The van der Waals surface area contributed by atoms with Crippen LogP contribution in [0.15, 0.2) is 24.3 Å². The smallest absolute Gasteiger partial charge is 0.0348 e. The summed E-state index contributed by atoms with van der Waals surface area (Å²) in [6.45, 7) is 6.67. The van der Waals surface area contributed by atoms with Crippen LogP contribution in [0, 0.1) is 5.92 Å². The second-order valence-electron chi connectivity index (χ2n) is 4.65. The molecule has 0 spiro atoms. The number of rotatable bonds is 9. The van der Waals surface area contributed by atoms with Crippen LogP contribution in [0.25, 0.3) is 0 Å². The molecule has 0 aromatic carbocycles. The minimum Gasteiger partial charge on any atom is -0.0917 e. The van der Waals surface area contributed by atoms with E-state index in [-0.39, 0.29) is 0 Å². The Hall–Kier alpha value is -0.520. The van der Waals surface area contributed by atoms with E-state index in [1.807, 2.05) is 0 Å². The summed E-state index contributed by atoms with van der Waals surface area (Å²) in [4.78, 5) is 0. The van der Waals surface area contributed by atoms with Crippen LogP contribution in [-0.2, 0) is 0 Å². The molecule has 15 heavy (non-hydrogen) atoms. The molecule has 0 saturated carbocycles. The molecule has 0 aliphatic carbocycles. The molecule has 0 nitrogen and oxygen atoms in total. The molecule has 0 atom stereocenters. The van der Waals surface area contributed by atoms with Gasteiger partial charge in [0.1, 0.15) is 0 Å². The van der Waals surface area contributed by atoms with Crippen LogP contribution in [0.1, 0.15) is 65.7 Å². The molecule has 0 aromatic rings. The third-order valence-corrected chi connectivity index (χ3v) is 2.55. The van der Waals surface area contributed by atoms with Crippen LogP contribution in [0.2, 0.25) is 0 Å². The van der Waals surface area contributed by atoms with E-state index in [0.29, 0.717) is 0 Å². The van der Waals surface area contributed by atoms with Crippen LogP contribution in [0.4, 0.5) is 0 Å². The lowest BCUT2D eigenvalue weighted by Crippen LogP contribution is -1.83. The lowest BCUT2D eigenvalue weighted by molar-refractivity contribution is 0.593. The summed E-state index contributed by atoms with van der Waals surface area (Å²) < 4.78 is 0. The fourth-order valence-electron chi connectivity index (χ4n) is 1.53. The van der Waals surface area contributed by atoms with Crippen LogP contribution in [0.5, 0.6) is 0 Å². The van der Waals surface area contributed by atoms with Crippen LogP contribution in [-0.4, -0.2) is 0 Å². The Morgan fingerprint density at radius 1 is 0.800 bits per heavy atom. The van der Waals surface area contributed by atoms with E-state index in [2.05, 4.69) is 45.1 Å². The topological polar surface area (TPSA) is 0 Å². The minimum absolute atomic E-state index is 0.843. The Morgan fingerprint density at radius 3 is 2.00 bits per heavy atom. The van der Waals surface area contributed by atoms with Crippen molar-refractivity contribution in [2.45, 2.75) is 65.7 Å². The molecule has 0 heteroatoms. The minimum atomic E-state index is 0.843. The van der Waals surface area contributed by atoms with Gasteiger partial charge in [0.25, 0.3) is 0 Å². The number of hydrogen-bond donors (Lipinski definition) is 0. The van der Waals surface area contributed by atoms with Gasteiger partial charge in [-0.05, 0) is 51.4 Å². The monoisotopic (exact) mass is 208 g/mol. The lowest BCUT2D eigenvalue weighted by Gasteiger charge is -1.99. The molecule has 0 aromatic heterocycles. The molecule has 0 amide bonds. The van der Waals surface area contributed by atoms with Crippen molar-refractivity contribution in [3.63, 3.8) is 0 Å². The molecule has 0 rings (SSSR count). The van der Waals surface area contributed by atoms with Crippen LogP contribution < -0.4 is 0 Å². The zero-order valence-electron chi connectivity index (χ0n) is 10.8. The number of unbranched alkanes of at least 4 members (excludes halogenated alkanes) is 4. The van der Waals surface area contributed by atoms with E-state index >= 15 is 0 Å².